The Bertz CT molecular complexity index is 236. The van der Waals surface area contributed by atoms with Crippen LogP contribution in [0.15, 0.2) is 0 Å². The van der Waals surface area contributed by atoms with Gasteiger partial charge in [0.2, 0.25) is 5.91 Å². The SMILES string of the molecule is COCCNC(=O)C(C)S(=O)CC(C)CN. The number of methoxy groups -OCH3 is 1. The van der Waals surface area contributed by atoms with Gasteiger partial charge in [-0.3, -0.25) is 9.00 Å². The summed E-state index contributed by atoms with van der Waals surface area (Å²) in [5.41, 5.74) is 5.44. The Kier molecular flexibility index (Phi) is 8.42. The second-order valence-electron chi connectivity index (χ2n) is 3.81. The summed E-state index contributed by atoms with van der Waals surface area (Å²) >= 11 is 0. The van der Waals surface area contributed by atoms with Crippen molar-refractivity contribution in [2.24, 2.45) is 11.7 Å². The van der Waals surface area contributed by atoms with Crippen molar-refractivity contribution in [3.8, 4) is 0 Å². The molecule has 0 aromatic heterocycles. The predicted octanol–water partition coefficient (Wildman–Crippen LogP) is -0.519. The summed E-state index contributed by atoms with van der Waals surface area (Å²) < 4.78 is 16.6. The topological polar surface area (TPSA) is 81.4 Å². The molecule has 0 spiro atoms. The molecule has 16 heavy (non-hydrogen) atoms. The van der Waals surface area contributed by atoms with Crippen LogP contribution in [0.1, 0.15) is 13.8 Å². The summed E-state index contributed by atoms with van der Waals surface area (Å²) in [4.78, 5) is 11.5. The molecule has 6 heteroatoms. The largest absolute Gasteiger partial charge is 0.383 e. The van der Waals surface area contributed by atoms with Gasteiger partial charge in [0.25, 0.3) is 0 Å². The predicted molar refractivity (Wildman–Crippen MR) is 65.6 cm³/mol. The van der Waals surface area contributed by atoms with Crippen molar-refractivity contribution in [3.05, 3.63) is 0 Å². The van der Waals surface area contributed by atoms with Gasteiger partial charge in [-0.05, 0) is 19.4 Å². The van der Waals surface area contributed by atoms with Crippen molar-refractivity contribution in [2.75, 3.05) is 32.6 Å². The Morgan fingerprint density at radius 3 is 2.62 bits per heavy atom. The van der Waals surface area contributed by atoms with Crippen LogP contribution in [0.25, 0.3) is 0 Å². The van der Waals surface area contributed by atoms with E-state index >= 15 is 0 Å². The van der Waals surface area contributed by atoms with Crippen LogP contribution >= 0.6 is 0 Å². The van der Waals surface area contributed by atoms with Gasteiger partial charge in [-0.25, -0.2) is 0 Å². The molecule has 3 atom stereocenters. The first-order valence-electron chi connectivity index (χ1n) is 5.36. The third-order valence-electron chi connectivity index (χ3n) is 2.22. The summed E-state index contributed by atoms with van der Waals surface area (Å²) in [5, 5.41) is 2.17. The molecular weight excluding hydrogens is 228 g/mol. The average Bonchev–Trinajstić information content (AvgIpc) is 2.27. The minimum absolute atomic E-state index is 0.176. The zero-order chi connectivity index (χ0) is 12.6. The summed E-state index contributed by atoms with van der Waals surface area (Å²) in [6.45, 7) is 4.99. The number of hydrogen-bond donors (Lipinski definition) is 2. The molecule has 0 bridgehead atoms. The van der Waals surface area contributed by atoms with E-state index in [9.17, 15) is 9.00 Å². The van der Waals surface area contributed by atoms with E-state index in [1.54, 1.807) is 14.0 Å². The van der Waals surface area contributed by atoms with Gasteiger partial charge in [0, 0.05) is 30.2 Å². The lowest BCUT2D eigenvalue weighted by atomic mass is 10.2. The van der Waals surface area contributed by atoms with Gasteiger partial charge < -0.3 is 15.8 Å². The maximum Gasteiger partial charge on any atom is 0.235 e. The monoisotopic (exact) mass is 250 g/mol. The Hall–Kier alpha value is -0.460. The first-order valence-corrected chi connectivity index (χ1v) is 6.75. The number of nitrogens with two attached hydrogens (primary N) is 1. The number of rotatable bonds is 8. The molecule has 0 aliphatic carbocycles. The van der Waals surface area contributed by atoms with E-state index in [2.05, 4.69) is 5.32 Å². The molecule has 0 aliphatic heterocycles. The molecule has 0 radical (unpaired) electrons. The van der Waals surface area contributed by atoms with E-state index in [1.165, 1.54) is 0 Å². The minimum Gasteiger partial charge on any atom is -0.383 e. The fourth-order valence-corrected chi connectivity index (χ4v) is 2.34. The number of nitrogens with one attached hydrogen (secondary N) is 1. The quantitative estimate of drug-likeness (QED) is 0.568. The molecule has 0 saturated heterocycles. The Morgan fingerprint density at radius 2 is 2.12 bits per heavy atom. The Balaban J connectivity index is 3.96. The fourth-order valence-electron chi connectivity index (χ4n) is 1.03. The lowest BCUT2D eigenvalue weighted by Crippen LogP contribution is -2.38. The normalized spacial score (nSPS) is 16.5. The standard InChI is InChI=1S/C10H22N2O3S/c1-8(6-11)7-16(14)9(2)10(13)12-4-5-15-3/h8-9H,4-7,11H2,1-3H3,(H,12,13). The Morgan fingerprint density at radius 1 is 1.50 bits per heavy atom. The molecular formula is C10H22N2O3S. The summed E-state index contributed by atoms with van der Waals surface area (Å²) in [7, 11) is 0.403. The highest BCUT2D eigenvalue weighted by atomic mass is 32.2. The van der Waals surface area contributed by atoms with E-state index in [-0.39, 0.29) is 11.8 Å². The van der Waals surface area contributed by atoms with Gasteiger partial charge in [-0.2, -0.15) is 0 Å². The van der Waals surface area contributed by atoms with E-state index < -0.39 is 16.0 Å². The second kappa shape index (κ2) is 8.66. The Labute approximate surface area is 99.6 Å². The zero-order valence-corrected chi connectivity index (χ0v) is 11.0. The van der Waals surface area contributed by atoms with Crippen molar-refractivity contribution in [2.45, 2.75) is 19.1 Å². The smallest absolute Gasteiger partial charge is 0.235 e. The van der Waals surface area contributed by atoms with Crippen molar-refractivity contribution in [1.82, 2.24) is 5.32 Å². The van der Waals surface area contributed by atoms with E-state index in [0.717, 1.165) is 0 Å². The van der Waals surface area contributed by atoms with Crippen LogP contribution in [0, 0.1) is 5.92 Å². The van der Waals surface area contributed by atoms with Gasteiger partial charge in [0.1, 0.15) is 5.25 Å². The summed E-state index contributed by atoms with van der Waals surface area (Å²) in [6.07, 6.45) is 0. The summed E-state index contributed by atoms with van der Waals surface area (Å²) in [5.74, 6) is 0.449. The molecule has 5 nitrogen and oxygen atoms in total. The number of hydrogen-bond acceptors (Lipinski definition) is 4. The van der Waals surface area contributed by atoms with Crippen molar-refractivity contribution >= 4 is 16.7 Å². The molecule has 3 N–H and O–H groups in total. The van der Waals surface area contributed by atoms with Crippen LogP contribution in [0.4, 0.5) is 0 Å². The lowest BCUT2D eigenvalue weighted by molar-refractivity contribution is -0.120. The van der Waals surface area contributed by atoms with Crippen molar-refractivity contribution in [3.63, 3.8) is 0 Å². The highest BCUT2D eigenvalue weighted by Gasteiger charge is 2.20. The molecule has 0 aromatic rings. The van der Waals surface area contributed by atoms with Gasteiger partial charge in [0.05, 0.1) is 6.61 Å². The number of carbonyl (C=O) groups excluding carboxylic acids is 1. The number of carbonyl (C=O) groups is 1. The average molecular weight is 250 g/mol. The van der Waals surface area contributed by atoms with E-state index in [4.69, 9.17) is 10.5 Å². The molecule has 0 aromatic carbocycles. The van der Waals surface area contributed by atoms with Crippen molar-refractivity contribution in [1.29, 1.82) is 0 Å². The van der Waals surface area contributed by atoms with Crippen molar-refractivity contribution < 1.29 is 13.7 Å². The second-order valence-corrected chi connectivity index (χ2v) is 5.62. The van der Waals surface area contributed by atoms with Crippen LogP contribution in [0.3, 0.4) is 0 Å². The molecule has 96 valence electrons. The zero-order valence-electron chi connectivity index (χ0n) is 10.2. The minimum atomic E-state index is -1.16. The highest BCUT2D eigenvalue weighted by molar-refractivity contribution is 7.86. The first kappa shape index (κ1) is 15.5. The lowest BCUT2D eigenvalue weighted by Gasteiger charge is -2.14. The molecule has 1 amide bonds. The van der Waals surface area contributed by atoms with Crippen LogP contribution in [-0.2, 0) is 20.3 Å². The fraction of sp³-hybridized carbons (Fsp3) is 0.900. The number of amides is 1. The molecule has 0 rings (SSSR count). The molecule has 0 saturated carbocycles. The van der Waals surface area contributed by atoms with Crippen LogP contribution in [-0.4, -0.2) is 47.9 Å². The van der Waals surface area contributed by atoms with Crippen LogP contribution in [0.2, 0.25) is 0 Å². The van der Waals surface area contributed by atoms with E-state index in [1.807, 2.05) is 6.92 Å². The third kappa shape index (κ3) is 6.19. The van der Waals surface area contributed by atoms with Crippen LogP contribution in [0.5, 0.6) is 0 Å². The molecule has 3 unspecified atom stereocenters. The molecule has 0 fully saturated rings. The van der Waals surface area contributed by atoms with Gasteiger partial charge in [-0.15, -0.1) is 0 Å². The molecule has 0 heterocycles. The first-order chi connectivity index (χ1) is 7.52. The van der Waals surface area contributed by atoms with Gasteiger partial charge in [0.15, 0.2) is 0 Å². The van der Waals surface area contributed by atoms with E-state index in [0.29, 0.717) is 25.4 Å². The molecule has 0 aliphatic rings. The maximum atomic E-state index is 11.7. The van der Waals surface area contributed by atoms with Crippen LogP contribution < -0.4 is 11.1 Å². The van der Waals surface area contributed by atoms with Gasteiger partial charge >= 0.3 is 0 Å². The van der Waals surface area contributed by atoms with Gasteiger partial charge in [-0.1, -0.05) is 6.92 Å². The highest BCUT2D eigenvalue weighted by Crippen LogP contribution is 2.02. The third-order valence-corrected chi connectivity index (χ3v) is 4.12. The summed E-state index contributed by atoms with van der Waals surface area (Å²) in [6, 6.07) is 0. The maximum absolute atomic E-state index is 11.7. The number of ether oxygens (including phenoxy) is 1.